The highest BCUT2D eigenvalue weighted by molar-refractivity contribution is 6.32. The molecule has 0 saturated carbocycles. The van der Waals surface area contributed by atoms with Crippen molar-refractivity contribution < 1.29 is 14.3 Å². The van der Waals surface area contributed by atoms with Gasteiger partial charge in [0.15, 0.2) is 11.5 Å². The van der Waals surface area contributed by atoms with Crippen molar-refractivity contribution in [2.75, 3.05) is 18.5 Å². The van der Waals surface area contributed by atoms with E-state index in [4.69, 9.17) is 21.1 Å². The van der Waals surface area contributed by atoms with Gasteiger partial charge in [0.1, 0.15) is 6.33 Å². The van der Waals surface area contributed by atoms with Crippen LogP contribution in [0, 0.1) is 6.92 Å². The third-order valence-corrected chi connectivity index (χ3v) is 4.41. The zero-order valence-electron chi connectivity index (χ0n) is 14.5. The van der Waals surface area contributed by atoms with Crippen LogP contribution in [0.3, 0.4) is 0 Å². The van der Waals surface area contributed by atoms with Crippen molar-refractivity contribution in [3.63, 3.8) is 0 Å². The van der Waals surface area contributed by atoms with Gasteiger partial charge in [-0.25, -0.2) is 4.68 Å². The lowest BCUT2D eigenvalue weighted by molar-refractivity contribution is 0.102. The average Bonchev–Trinajstić information content (AvgIpc) is 3.08. The van der Waals surface area contributed by atoms with Crippen LogP contribution >= 0.6 is 11.6 Å². The first-order valence-electron chi connectivity index (χ1n) is 8.36. The fraction of sp³-hybridized carbons (Fsp3) is 0.222. The number of anilines is 1. The van der Waals surface area contributed by atoms with Gasteiger partial charge in [0, 0.05) is 17.7 Å². The van der Waals surface area contributed by atoms with Gasteiger partial charge in [0.05, 0.1) is 23.9 Å². The Labute approximate surface area is 160 Å². The van der Waals surface area contributed by atoms with Crippen LogP contribution in [-0.2, 0) is 0 Å². The first-order valence-corrected chi connectivity index (χ1v) is 8.74. The predicted molar refractivity (Wildman–Crippen MR) is 98.9 cm³/mol. The number of amides is 1. The van der Waals surface area contributed by atoms with Gasteiger partial charge in [-0.1, -0.05) is 17.7 Å². The summed E-state index contributed by atoms with van der Waals surface area (Å²) < 4.78 is 12.8. The summed E-state index contributed by atoms with van der Waals surface area (Å²) in [5.74, 6) is 0.643. The van der Waals surface area contributed by atoms with Crippen LogP contribution in [0.5, 0.6) is 11.5 Å². The highest BCUT2D eigenvalue weighted by atomic mass is 35.5. The summed E-state index contributed by atoms with van der Waals surface area (Å²) >= 11 is 6.27. The van der Waals surface area contributed by atoms with Gasteiger partial charge in [-0.3, -0.25) is 4.79 Å². The Morgan fingerprint density at radius 2 is 2.07 bits per heavy atom. The largest absolute Gasteiger partial charge is 0.489 e. The van der Waals surface area contributed by atoms with E-state index in [1.54, 1.807) is 18.2 Å². The van der Waals surface area contributed by atoms with Crippen molar-refractivity contribution in [1.29, 1.82) is 0 Å². The number of ether oxygens (including phenoxy) is 2. The molecule has 0 unspecified atom stereocenters. The molecule has 1 amide bonds. The van der Waals surface area contributed by atoms with E-state index in [9.17, 15) is 4.79 Å². The van der Waals surface area contributed by atoms with Gasteiger partial charge in [0.25, 0.3) is 5.91 Å². The normalized spacial score (nSPS) is 13.1. The Morgan fingerprint density at radius 3 is 2.89 bits per heavy atom. The lowest BCUT2D eigenvalue weighted by Crippen LogP contribution is -2.13. The molecule has 138 valence electrons. The van der Waals surface area contributed by atoms with Crippen molar-refractivity contribution in [3.05, 3.63) is 52.8 Å². The van der Waals surface area contributed by atoms with Crippen molar-refractivity contribution in [2.24, 2.45) is 0 Å². The fourth-order valence-corrected chi connectivity index (χ4v) is 3.04. The topological polar surface area (TPSA) is 91.2 Å². The summed E-state index contributed by atoms with van der Waals surface area (Å²) in [5, 5.41) is 14.4. The number of fused-ring (bicyclic) bond motifs is 1. The molecular weight excluding hydrogens is 370 g/mol. The van der Waals surface area contributed by atoms with Crippen LogP contribution in [0.2, 0.25) is 5.02 Å². The summed E-state index contributed by atoms with van der Waals surface area (Å²) in [5.41, 5.74) is 2.74. The van der Waals surface area contributed by atoms with Crippen molar-refractivity contribution in [1.82, 2.24) is 20.2 Å². The molecule has 0 aliphatic carbocycles. The third-order valence-electron chi connectivity index (χ3n) is 4.13. The minimum atomic E-state index is -0.306. The van der Waals surface area contributed by atoms with Gasteiger partial charge in [-0.2, -0.15) is 0 Å². The van der Waals surface area contributed by atoms with Gasteiger partial charge in [-0.05, 0) is 47.2 Å². The molecule has 1 N–H and O–H groups in total. The van der Waals surface area contributed by atoms with E-state index in [-0.39, 0.29) is 5.91 Å². The molecule has 0 atom stereocenters. The van der Waals surface area contributed by atoms with Crippen LogP contribution in [0.15, 0.2) is 36.7 Å². The number of carbonyl (C=O) groups excluding carboxylic acids is 1. The molecule has 3 aromatic rings. The van der Waals surface area contributed by atoms with Crippen LogP contribution in [-0.4, -0.2) is 39.3 Å². The standard InChI is InChI=1S/C18H16ClN5O3/c1-11-3-4-13(9-15(11)24-10-20-22-23-24)21-18(25)12-7-14(19)17-16(8-12)26-5-2-6-27-17/h3-4,7-10H,2,5-6H2,1H3,(H,21,25). The number of nitrogens with one attached hydrogen (secondary N) is 1. The SMILES string of the molecule is Cc1ccc(NC(=O)c2cc(Cl)c3c(c2)OCCCO3)cc1-n1cnnn1. The van der Waals surface area contributed by atoms with Crippen LogP contribution in [0.4, 0.5) is 5.69 Å². The second-order valence-electron chi connectivity index (χ2n) is 6.05. The minimum absolute atomic E-state index is 0.306. The minimum Gasteiger partial charge on any atom is -0.489 e. The molecule has 0 radical (unpaired) electrons. The molecular formula is C18H16ClN5O3. The highest BCUT2D eigenvalue weighted by Gasteiger charge is 2.19. The molecule has 4 rings (SSSR count). The number of rotatable bonds is 3. The molecule has 9 heteroatoms. The number of hydrogen-bond donors (Lipinski definition) is 1. The lowest BCUT2D eigenvalue weighted by atomic mass is 10.1. The maximum atomic E-state index is 12.7. The number of tetrazole rings is 1. The summed E-state index contributed by atoms with van der Waals surface area (Å²) in [6.07, 6.45) is 2.26. The number of halogens is 1. The van der Waals surface area contributed by atoms with E-state index >= 15 is 0 Å². The third kappa shape index (κ3) is 3.56. The lowest BCUT2D eigenvalue weighted by Gasteiger charge is -2.13. The molecule has 2 heterocycles. The first-order chi connectivity index (χ1) is 13.1. The predicted octanol–water partition coefficient (Wildman–Crippen LogP) is 3.04. The maximum absolute atomic E-state index is 12.7. The molecule has 1 aromatic heterocycles. The van der Waals surface area contributed by atoms with Crippen molar-refractivity contribution in [2.45, 2.75) is 13.3 Å². The fourth-order valence-electron chi connectivity index (χ4n) is 2.77. The Morgan fingerprint density at radius 1 is 1.22 bits per heavy atom. The maximum Gasteiger partial charge on any atom is 0.255 e. The van der Waals surface area contributed by atoms with Crippen molar-refractivity contribution >= 4 is 23.2 Å². The van der Waals surface area contributed by atoms with E-state index in [0.717, 1.165) is 17.7 Å². The van der Waals surface area contributed by atoms with E-state index in [1.165, 1.54) is 11.0 Å². The number of aromatic nitrogens is 4. The second-order valence-corrected chi connectivity index (χ2v) is 6.45. The Hall–Kier alpha value is -3.13. The summed E-state index contributed by atoms with van der Waals surface area (Å²) in [7, 11) is 0. The van der Waals surface area contributed by atoms with E-state index in [2.05, 4.69) is 20.8 Å². The average molecular weight is 386 g/mol. The molecule has 1 aliphatic rings. The summed E-state index contributed by atoms with van der Waals surface area (Å²) in [6.45, 7) is 2.98. The van der Waals surface area contributed by atoms with E-state index in [1.807, 2.05) is 19.1 Å². The molecule has 0 bridgehead atoms. The van der Waals surface area contributed by atoms with Gasteiger partial charge >= 0.3 is 0 Å². The van der Waals surface area contributed by atoms with Gasteiger partial charge < -0.3 is 14.8 Å². The van der Waals surface area contributed by atoms with E-state index < -0.39 is 0 Å². The zero-order chi connectivity index (χ0) is 18.8. The second kappa shape index (κ2) is 7.24. The summed E-state index contributed by atoms with van der Waals surface area (Å²) in [6, 6.07) is 8.70. The highest BCUT2D eigenvalue weighted by Crippen LogP contribution is 2.38. The quantitative estimate of drug-likeness (QED) is 0.745. The van der Waals surface area contributed by atoms with Gasteiger partial charge in [0.2, 0.25) is 0 Å². The number of hydrogen-bond acceptors (Lipinski definition) is 6. The molecule has 0 saturated heterocycles. The zero-order valence-corrected chi connectivity index (χ0v) is 15.2. The molecule has 27 heavy (non-hydrogen) atoms. The number of benzene rings is 2. The van der Waals surface area contributed by atoms with Gasteiger partial charge in [-0.15, -0.1) is 5.10 Å². The molecule has 0 spiro atoms. The Bertz CT molecular complexity index is 991. The molecule has 1 aliphatic heterocycles. The van der Waals surface area contributed by atoms with Crippen LogP contribution < -0.4 is 14.8 Å². The monoisotopic (exact) mass is 385 g/mol. The number of carbonyl (C=O) groups is 1. The molecule has 8 nitrogen and oxygen atoms in total. The van der Waals surface area contributed by atoms with Crippen LogP contribution in [0.25, 0.3) is 5.69 Å². The van der Waals surface area contributed by atoms with Crippen LogP contribution in [0.1, 0.15) is 22.3 Å². The summed E-state index contributed by atoms with van der Waals surface area (Å²) in [4.78, 5) is 12.7. The molecule has 2 aromatic carbocycles. The number of aryl methyl sites for hydroxylation is 1. The molecule has 0 fully saturated rings. The smallest absolute Gasteiger partial charge is 0.255 e. The van der Waals surface area contributed by atoms with E-state index in [0.29, 0.717) is 41.0 Å². The van der Waals surface area contributed by atoms with Crippen molar-refractivity contribution in [3.8, 4) is 17.2 Å². The first kappa shape index (κ1) is 17.3. The Balaban J connectivity index is 1.61. The number of nitrogens with zero attached hydrogens (tertiary/aromatic N) is 4. The Kier molecular flexibility index (Phi) is 4.64.